The fourth-order valence-corrected chi connectivity index (χ4v) is 1.94. The molecule has 0 fully saturated rings. The monoisotopic (exact) mass is 353 g/mol. The van der Waals surface area contributed by atoms with Gasteiger partial charge in [-0.05, 0) is 47.7 Å². The fraction of sp³-hybridized carbons (Fsp3) is 0.222. The van der Waals surface area contributed by atoms with Crippen LogP contribution in [0.25, 0.3) is 0 Å². The minimum atomic E-state index is -0.162. The lowest BCUT2D eigenvalue weighted by Crippen LogP contribution is -2.10. The van der Waals surface area contributed by atoms with Crippen LogP contribution in [0.15, 0.2) is 18.2 Å². The summed E-state index contributed by atoms with van der Waals surface area (Å²) in [7, 11) is 0. The van der Waals surface area contributed by atoms with Gasteiger partial charge in [-0.3, -0.25) is 4.79 Å². The topological polar surface area (TPSA) is 43.1 Å². The Bertz CT molecular complexity index is 318. The van der Waals surface area contributed by atoms with Crippen LogP contribution in [0.5, 0.6) is 0 Å². The van der Waals surface area contributed by atoms with Crippen molar-refractivity contribution in [1.29, 1.82) is 0 Å². The minimum Gasteiger partial charge on any atom is -0.399 e. The maximum absolute atomic E-state index is 11.5. The van der Waals surface area contributed by atoms with E-state index in [0.29, 0.717) is 11.3 Å². The second-order valence-corrected chi connectivity index (χ2v) is 5.37. The molecule has 1 unspecified atom stereocenters. The number of hydrogen-bond donors (Lipinski definition) is 1. The molecule has 0 spiro atoms. The molecular weight excluding hydrogens is 345 g/mol. The van der Waals surface area contributed by atoms with Gasteiger partial charge >= 0.3 is 0 Å². The first-order valence-electron chi connectivity index (χ1n) is 3.75. The number of nitrogen functional groups attached to an aromatic ring is 1. The largest absolute Gasteiger partial charge is 0.399 e. The molecule has 1 atom stereocenters. The molecule has 0 heterocycles. The van der Waals surface area contributed by atoms with Crippen molar-refractivity contribution in [2.24, 2.45) is 0 Å². The molecule has 0 aliphatic heterocycles. The Morgan fingerprint density at radius 3 is 2.62 bits per heavy atom. The van der Waals surface area contributed by atoms with Crippen molar-refractivity contribution in [2.45, 2.75) is 11.8 Å². The number of carbonyl (C=O) groups excluding carboxylic acids is 1. The van der Waals surface area contributed by atoms with E-state index in [0.717, 1.165) is 3.57 Å². The van der Waals surface area contributed by atoms with Gasteiger partial charge in [0.05, 0.1) is 4.83 Å². The molecule has 13 heavy (non-hydrogen) atoms. The molecule has 0 amide bonds. The van der Waals surface area contributed by atoms with Crippen molar-refractivity contribution in [2.75, 3.05) is 5.73 Å². The van der Waals surface area contributed by atoms with E-state index in [1.54, 1.807) is 13.0 Å². The molecule has 0 aliphatic carbocycles. The van der Waals surface area contributed by atoms with Crippen molar-refractivity contribution in [1.82, 2.24) is 0 Å². The summed E-state index contributed by atoms with van der Waals surface area (Å²) in [6.07, 6.45) is 0. The van der Waals surface area contributed by atoms with Crippen LogP contribution >= 0.6 is 38.5 Å². The highest BCUT2D eigenvalue weighted by Crippen LogP contribution is 2.17. The smallest absolute Gasteiger partial charge is 0.176 e. The SMILES string of the molecule is CC(Br)C(=O)c1cc(N)cc(I)c1. The summed E-state index contributed by atoms with van der Waals surface area (Å²) in [5, 5.41) is 0. The van der Waals surface area contributed by atoms with Gasteiger partial charge in [0, 0.05) is 14.8 Å². The van der Waals surface area contributed by atoms with Crippen molar-refractivity contribution in [3.8, 4) is 0 Å². The number of carbonyl (C=O) groups is 1. The van der Waals surface area contributed by atoms with Gasteiger partial charge in [0.1, 0.15) is 0 Å². The maximum Gasteiger partial charge on any atom is 0.176 e. The molecule has 0 saturated heterocycles. The lowest BCUT2D eigenvalue weighted by molar-refractivity contribution is 0.0996. The van der Waals surface area contributed by atoms with Crippen LogP contribution in [-0.4, -0.2) is 10.6 Å². The third-order valence-corrected chi connectivity index (χ3v) is 2.60. The lowest BCUT2D eigenvalue weighted by Gasteiger charge is -2.04. The molecule has 0 radical (unpaired) electrons. The van der Waals surface area contributed by atoms with Gasteiger partial charge < -0.3 is 5.73 Å². The van der Waals surface area contributed by atoms with Crippen LogP contribution in [0.2, 0.25) is 0 Å². The molecule has 0 aliphatic rings. The highest BCUT2D eigenvalue weighted by molar-refractivity contribution is 14.1. The van der Waals surface area contributed by atoms with Crippen LogP contribution in [0.1, 0.15) is 17.3 Å². The van der Waals surface area contributed by atoms with Crippen molar-refractivity contribution >= 4 is 50.0 Å². The van der Waals surface area contributed by atoms with Gasteiger partial charge in [-0.25, -0.2) is 0 Å². The number of alkyl halides is 1. The molecule has 0 bridgehead atoms. The molecule has 1 rings (SSSR count). The number of nitrogens with two attached hydrogens (primary N) is 1. The molecule has 70 valence electrons. The molecule has 4 heteroatoms. The number of rotatable bonds is 2. The Labute approximate surface area is 99.2 Å². The third-order valence-electron chi connectivity index (χ3n) is 1.57. The average Bonchev–Trinajstić information content (AvgIpc) is 2.01. The number of ketones is 1. The quantitative estimate of drug-likeness (QED) is 0.384. The molecule has 1 aromatic carbocycles. The summed E-state index contributed by atoms with van der Waals surface area (Å²) >= 11 is 5.37. The third kappa shape index (κ3) is 2.95. The molecule has 1 aromatic rings. The molecule has 2 N–H and O–H groups in total. The van der Waals surface area contributed by atoms with Crippen LogP contribution in [0, 0.1) is 3.57 Å². The number of benzene rings is 1. The zero-order valence-corrected chi connectivity index (χ0v) is 10.8. The number of anilines is 1. The summed E-state index contributed by atoms with van der Waals surface area (Å²) in [4.78, 5) is 11.4. The van der Waals surface area contributed by atoms with Crippen LogP contribution in [-0.2, 0) is 0 Å². The van der Waals surface area contributed by atoms with Crippen LogP contribution in [0.3, 0.4) is 0 Å². The van der Waals surface area contributed by atoms with Gasteiger partial charge in [-0.1, -0.05) is 15.9 Å². The fourth-order valence-electron chi connectivity index (χ4n) is 0.984. The summed E-state index contributed by atoms with van der Waals surface area (Å²) in [5.74, 6) is 0.0604. The Hall–Kier alpha value is -0.100. The van der Waals surface area contributed by atoms with Gasteiger partial charge in [0.15, 0.2) is 5.78 Å². The summed E-state index contributed by atoms with van der Waals surface area (Å²) in [6.45, 7) is 1.80. The van der Waals surface area contributed by atoms with E-state index in [1.807, 2.05) is 12.1 Å². The van der Waals surface area contributed by atoms with E-state index in [2.05, 4.69) is 38.5 Å². The zero-order chi connectivity index (χ0) is 10.0. The highest BCUT2D eigenvalue weighted by atomic mass is 127. The average molecular weight is 354 g/mol. The Balaban J connectivity index is 3.08. The van der Waals surface area contributed by atoms with E-state index in [-0.39, 0.29) is 10.6 Å². The van der Waals surface area contributed by atoms with Crippen LogP contribution < -0.4 is 5.73 Å². The summed E-state index contributed by atoms with van der Waals surface area (Å²) < 4.78 is 0.981. The second kappa shape index (κ2) is 4.41. The first-order valence-corrected chi connectivity index (χ1v) is 5.74. The van der Waals surface area contributed by atoms with Crippen molar-refractivity contribution < 1.29 is 4.79 Å². The van der Waals surface area contributed by atoms with Gasteiger partial charge in [-0.15, -0.1) is 0 Å². The predicted octanol–water partition coefficient (Wildman–Crippen LogP) is 2.84. The van der Waals surface area contributed by atoms with Crippen LogP contribution in [0.4, 0.5) is 5.69 Å². The molecule has 2 nitrogen and oxygen atoms in total. The Morgan fingerprint density at radius 2 is 2.15 bits per heavy atom. The molecule has 0 saturated carbocycles. The zero-order valence-electron chi connectivity index (χ0n) is 7.05. The molecule has 0 aromatic heterocycles. The maximum atomic E-state index is 11.5. The standard InChI is InChI=1S/C9H9BrINO/c1-5(10)9(13)6-2-7(11)4-8(12)3-6/h2-5H,12H2,1H3. The van der Waals surface area contributed by atoms with Crippen molar-refractivity contribution in [3.05, 3.63) is 27.3 Å². The minimum absolute atomic E-state index is 0.0604. The van der Waals surface area contributed by atoms with Gasteiger partial charge in [0.2, 0.25) is 0 Å². The van der Waals surface area contributed by atoms with Gasteiger partial charge in [-0.2, -0.15) is 0 Å². The van der Waals surface area contributed by atoms with E-state index >= 15 is 0 Å². The first-order chi connectivity index (χ1) is 6.00. The van der Waals surface area contributed by atoms with E-state index < -0.39 is 0 Å². The Morgan fingerprint density at radius 1 is 1.54 bits per heavy atom. The summed E-state index contributed by atoms with van der Waals surface area (Å²) in [6, 6.07) is 5.36. The number of Topliss-reactive ketones (excluding diaryl/α,β-unsaturated/α-hetero) is 1. The Kier molecular flexibility index (Phi) is 3.73. The van der Waals surface area contributed by atoms with E-state index in [4.69, 9.17) is 5.73 Å². The first kappa shape index (κ1) is 11.0. The molecular formula is C9H9BrINO. The summed E-state index contributed by atoms with van der Waals surface area (Å²) in [5.41, 5.74) is 6.91. The van der Waals surface area contributed by atoms with Gasteiger partial charge in [0.25, 0.3) is 0 Å². The van der Waals surface area contributed by atoms with Crippen molar-refractivity contribution in [3.63, 3.8) is 0 Å². The van der Waals surface area contributed by atoms with E-state index in [1.165, 1.54) is 0 Å². The number of halogens is 2. The second-order valence-electron chi connectivity index (χ2n) is 2.75. The normalized spacial score (nSPS) is 12.5. The lowest BCUT2D eigenvalue weighted by atomic mass is 10.1. The number of hydrogen-bond acceptors (Lipinski definition) is 2. The predicted molar refractivity (Wildman–Crippen MR) is 66.3 cm³/mol. The van der Waals surface area contributed by atoms with E-state index in [9.17, 15) is 4.79 Å². The highest BCUT2D eigenvalue weighted by Gasteiger charge is 2.12.